The summed E-state index contributed by atoms with van der Waals surface area (Å²) in [5.41, 5.74) is 2.14. The third-order valence-corrected chi connectivity index (χ3v) is 4.09. The Balaban J connectivity index is 2.09. The van der Waals surface area contributed by atoms with Gasteiger partial charge in [-0.3, -0.25) is 10.1 Å². The average molecular weight is 310 g/mol. The summed E-state index contributed by atoms with van der Waals surface area (Å²) in [7, 11) is 0. The van der Waals surface area contributed by atoms with Crippen LogP contribution >= 0.6 is 0 Å². The molecule has 0 fully saturated rings. The van der Waals surface area contributed by atoms with Crippen LogP contribution in [0, 0.1) is 0 Å². The highest BCUT2D eigenvalue weighted by atomic mass is 16.2. The van der Waals surface area contributed by atoms with E-state index in [1.165, 1.54) is 0 Å². The van der Waals surface area contributed by atoms with E-state index in [1.807, 2.05) is 50.2 Å². The largest absolute Gasteiger partial charge is 0.350 e. The van der Waals surface area contributed by atoms with Gasteiger partial charge in [0.15, 0.2) is 0 Å². The van der Waals surface area contributed by atoms with E-state index >= 15 is 0 Å². The molecule has 0 aliphatic heterocycles. The first kappa shape index (κ1) is 17.2. The van der Waals surface area contributed by atoms with Crippen LogP contribution in [-0.4, -0.2) is 18.0 Å². The first-order valence-electron chi connectivity index (χ1n) is 8.16. The summed E-state index contributed by atoms with van der Waals surface area (Å²) in [6.45, 7) is 6.44. The fourth-order valence-electron chi connectivity index (χ4n) is 2.42. The molecule has 122 valence electrons. The third kappa shape index (κ3) is 5.22. The van der Waals surface area contributed by atoms with Crippen molar-refractivity contribution in [1.82, 2.24) is 10.6 Å². The first-order valence-corrected chi connectivity index (χ1v) is 8.16. The molecule has 0 unspecified atom stereocenters. The van der Waals surface area contributed by atoms with Gasteiger partial charge in [0, 0.05) is 5.54 Å². The molecule has 0 bridgehead atoms. The smallest absolute Gasteiger partial charge is 0.234 e. The maximum Gasteiger partial charge on any atom is 0.234 e. The zero-order valence-corrected chi connectivity index (χ0v) is 14.2. The molecule has 2 aromatic rings. The maximum atomic E-state index is 12.2. The van der Waals surface area contributed by atoms with E-state index in [4.69, 9.17) is 0 Å². The van der Waals surface area contributed by atoms with Crippen molar-refractivity contribution in [2.45, 2.75) is 38.8 Å². The highest BCUT2D eigenvalue weighted by molar-refractivity contribution is 5.78. The predicted octanol–water partition coefficient (Wildman–Crippen LogP) is 3.67. The van der Waals surface area contributed by atoms with E-state index in [1.54, 1.807) is 0 Å². The Bertz CT molecular complexity index is 569. The molecule has 0 radical (unpaired) electrons. The van der Waals surface area contributed by atoms with Gasteiger partial charge in [-0.1, -0.05) is 67.6 Å². The van der Waals surface area contributed by atoms with E-state index in [2.05, 4.69) is 41.8 Å². The molecule has 0 aromatic heterocycles. The van der Waals surface area contributed by atoms with Gasteiger partial charge in [-0.2, -0.15) is 0 Å². The van der Waals surface area contributed by atoms with Crippen LogP contribution in [0.15, 0.2) is 60.7 Å². The Hall–Kier alpha value is -2.13. The summed E-state index contributed by atoms with van der Waals surface area (Å²) in [4.78, 5) is 12.2. The molecule has 0 spiro atoms. The Kier molecular flexibility index (Phi) is 5.94. The number of hydrogen-bond donors (Lipinski definition) is 2. The van der Waals surface area contributed by atoms with Crippen molar-refractivity contribution in [3.8, 4) is 0 Å². The van der Waals surface area contributed by atoms with Crippen LogP contribution in [0.2, 0.25) is 0 Å². The van der Waals surface area contributed by atoms with Gasteiger partial charge >= 0.3 is 0 Å². The van der Waals surface area contributed by atoms with Gasteiger partial charge in [0.1, 0.15) is 0 Å². The molecule has 0 aliphatic rings. The lowest BCUT2D eigenvalue weighted by atomic mass is 9.98. The number of amides is 1. The molecule has 3 nitrogen and oxygen atoms in total. The standard InChI is InChI=1S/C20H26N2O/c1-4-20(2,3)22-18(23)15-21-19(16-11-7-5-8-12-16)17-13-9-6-10-14-17/h5-14,19,21H,4,15H2,1-3H3,(H,22,23). The van der Waals surface area contributed by atoms with Crippen molar-refractivity contribution in [3.05, 3.63) is 71.8 Å². The zero-order chi connectivity index (χ0) is 16.7. The molecule has 0 heterocycles. The highest BCUT2D eigenvalue weighted by Gasteiger charge is 2.19. The zero-order valence-electron chi connectivity index (χ0n) is 14.2. The van der Waals surface area contributed by atoms with Crippen molar-refractivity contribution in [2.24, 2.45) is 0 Å². The quantitative estimate of drug-likeness (QED) is 0.819. The van der Waals surface area contributed by atoms with Crippen LogP contribution in [0.1, 0.15) is 44.4 Å². The van der Waals surface area contributed by atoms with Crippen LogP contribution < -0.4 is 10.6 Å². The molecule has 0 aliphatic carbocycles. The lowest BCUT2D eigenvalue weighted by molar-refractivity contribution is -0.121. The van der Waals surface area contributed by atoms with Crippen molar-refractivity contribution in [1.29, 1.82) is 0 Å². The van der Waals surface area contributed by atoms with Crippen molar-refractivity contribution < 1.29 is 4.79 Å². The van der Waals surface area contributed by atoms with E-state index in [0.717, 1.165) is 17.5 Å². The monoisotopic (exact) mass is 310 g/mol. The minimum Gasteiger partial charge on any atom is -0.350 e. The molecule has 23 heavy (non-hydrogen) atoms. The third-order valence-electron chi connectivity index (χ3n) is 4.09. The first-order chi connectivity index (χ1) is 11.0. The SMILES string of the molecule is CCC(C)(C)NC(=O)CNC(c1ccccc1)c1ccccc1. The molecule has 1 amide bonds. The summed E-state index contributed by atoms with van der Waals surface area (Å²) in [5.74, 6) is 0.0220. The summed E-state index contributed by atoms with van der Waals surface area (Å²) in [5, 5.41) is 6.45. The molecule has 0 saturated carbocycles. The highest BCUT2D eigenvalue weighted by Crippen LogP contribution is 2.21. The molecule has 2 N–H and O–H groups in total. The van der Waals surface area contributed by atoms with Gasteiger partial charge < -0.3 is 5.32 Å². The van der Waals surface area contributed by atoms with Crippen molar-refractivity contribution in [3.63, 3.8) is 0 Å². The minimum atomic E-state index is -0.173. The molecule has 0 saturated heterocycles. The lowest BCUT2D eigenvalue weighted by Crippen LogP contribution is -2.47. The van der Waals surface area contributed by atoms with E-state index < -0.39 is 0 Å². The Labute approximate surface area is 139 Å². The summed E-state index contributed by atoms with van der Waals surface area (Å²) in [6, 6.07) is 20.4. The fraction of sp³-hybridized carbons (Fsp3) is 0.350. The Morgan fingerprint density at radius 1 is 0.957 bits per heavy atom. The second-order valence-electron chi connectivity index (χ2n) is 6.42. The minimum absolute atomic E-state index is 0.00730. The molecule has 3 heteroatoms. The molecular weight excluding hydrogens is 284 g/mol. The van der Waals surface area contributed by atoms with E-state index in [0.29, 0.717) is 0 Å². The summed E-state index contributed by atoms with van der Waals surface area (Å²) in [6.07, 6.45) is 0.902. The molecule has 2 aromatic carbocycles. The normalized spacial score (nSPS) is 11.5. The van der Waals surface area contributed by atoms with Crippen molar-refractivity contribution in [2.75, 3.05) is 6.54 Å². The van der Waals surface area contributed by atoms with Crippen LogP contribution in [0.25, 0.3) is 0 Å². The van der Waals surface area contributed by atoms with Gasteiger partial charge in [0.2, 0.25) is 5.91 Å². The van der Waals surface area contributed by atoms with Gasteiger partial charge in [-0.15, -0.1) is 0 Å². The molecule has 0 atom stereocenters. The lowest BCUT2D eigenvalue weighted by Gasteiger charge is -2.26. The van der Waals surface area contributed by atoms with E-state index in [9.17, 15) is 4.79 Å². The van der Waals surface area contributed by atoms with Gasteiger partial charge in [0.25, 0.3) is 0 Å². The van der Waals surface area contributed by atoms with Crippen LogP contribution in [0.5, 0.6) is 0 Å². The maximum absolute atomic E-state index is 12.2. The summed E-state index contributed by atoms with van der Waals surface area (Å²) >= 11 is 0. The second kappa shape index (κ2) is 7.93. The number of carbonyl (C=O) groups is 1. The number of benzene rings is 2. The second-order valence-corrected chi connectivity index (χ2v) is 6.42. The summed E-state index contributed by atoms with van der Waals surface area (Å²) < 4.78 is 0. The number of carbonyl (C=O) groups excluding carboxylic acids is 1. The van der Waals surface area contributed by atoms with Gasteiger partial charge in [-0.25, -0.2) is 0 Å². The topological polar surface area (TPSA) is 41.1 Å². The Morgan fingerprint density at radius 2 is 1.43 bits per heavy atom. The van der Waals surface area contributed by atoms with Crippen LogP contribution in [0.4, 0.5) is 0 Å². The predicted molar refractivity (Wildman–Crippen MR) is 95.2 cm³/mol. The van der Waals surface area contributed by atoms with Crippen LogP contribution in [-0.2, 0) is 4.79 Å². The van der Waals surface area contributed by atoms with Gasteiger partial charge in [-0.05, 0) is 31.4 Å². The van der Waals surface area contributed by atoms with Crippen molar-refractivity contribution >= 4 is 5.91 Å². The van der Waals surface area contributed by atoms with E-state index in [-0.39, 0.29) is 24.0 Å². The Morgan fingerprint density at radius 3 is 1.87 bits per heavy atom. The molecule has 2 rings (SSSR count). The number of hydrogen-bond acceptors (Lipinski definition) is 2. The fourth-order valence-corrected chi connectivity index (χ4v) is 2.42. The van der Waals surface area contributed by atoms with Crippen LogP contribution in [0.3, 0.4) is 0 Å². The molecular formula is C20H26N2O. The van der Waals surface area contributed by atoms with Gasteiger partial charge in [0.05, 0.1) is 12.6 Å². The number of rotatable bonds is 7. The number of nitrogens with one attached hydrogen (secondary N) is 2. The average Bonchev–Trinajstić information content (AvgIpc) is 2.56.